The van der Waals surface area contributed by atoms with Crippen molar-refractivity contribution in [1.29, 1.82) is 0 Å². The molecule has 1 saturated carbocycles. The Morgan fingerprint density at radius 1 is 1.40 bits per heavy atom. The van der Waals surface area contributed by atoms with Gasteiger partial charge in [0.2, 0.25) is 6.41 Å². The van der Waals surface area contributed by atoms with E-state index in [9.17, 15) is 9.36 Å². The molecule has 1 rings (SSSR count). The van der Waals surface area contributed by atoms with Crippen LogP contribution in [0.4, 0.5) is 0 Å². The second kappa shape index (κ2) is 6.35. The number of hydroxylamine groups is 2. The zero-order valence-corrected chi connectivity index (χ0v) is 11.5. The molecule has 0 aliphatic heterocycles. The number of carbonyl (C=O) groups is 1. The van der Waals surface area contributed by atoms with E-state index in [2.05, 4.69) is 0 Å². The fraction of sp³-hybridized carbons (Fsp3) is 0.857. The maximum Gasteiger partial charge on any atom is 1.00 e. The van der Waals surface area contributed by atoms with Crippen molar-refractivity contribution < 1.29 is 55.3 Å². The van der Waals surface area contributed by atoms with Crippen LogP contribution >= 0.6 is 7.60 Å². The minimum atomic E-state index is -4.08. The van der Waals surface area contributed by atoms with Gasteiger partial charge in [-0.3, -0.25) is 14.6 Å². The molecule has 0 bridgehead atoms. The van der Waals surface area contributed by atoms with Crippen LogP contribution < -0.4 is 29.6 Å². The second-order valence-corrected chi connectivity index (χ2v) is 5.46. The molecule has 1 amide bonds. The van der Waals surface area contributed by atoms with Crippen molar-refractivity contribution in [2.45, 2.75) is 37.4 Å². The van der Waals surface area contributed by atoms with Crippen molar-refractivity contribution in [2.75, 3.05) is 0 Å². The van der Waals surface area contributed by atoms with Gasteiger partial charge in [0.15, 0.2) is 0 Å². The molecule has 0 aromatic heterocycles. The summed E-state index contributed by atoms with van der Waals surface area (Å²) in [6.07, 6.45) is 2.09. The SMILES string of the molecule is O=CN(O)C1CCCC(P(=O)(O)O)C1.[H-].[Na+]. The molecule has 0 radical (unpaired) electrons. The third kappa shape index (κ3) is 4.53. The molecule has 0 spiro atoms. The first kappa shape index (κ1) is 15.6. The van der Waals surface area contributed by atoms with E-state index in [1.54, 1.807) is 0 Å². The Hall–Kier alpha value is 0.580. The summed E-state index contributed by atoms with van der Waals surface area (Å²) in [7, 11) is -4.08. The Kier molecular flexibility index (Phi) is 6.59. The summed E-state index contributed by atoms with van der Waals surface area (Å²) in [5, 5.41) is 9.58. The molecule has 2 atom stereocenters. The summed E-state index contributed by atoms with van der Waals surface area (Å²) < 4.78 is 10.9. The normalized spacial score (nSPS) is 26.6. The van der Waals surface area contributed by atoms with Crippen LogP contribution in [-0.4, -0.2) is 38.2 Å². The van der Waals surface area contributed by atoms with Gasteiger partial charge in [-0.15, -0.1) is 0 Å². The maximum atomic E-state index is 10.9. The third-order valence-corrected chi connectivity index (χ3v) is 4.00. The van der Waals surface area contributed by atoms with Crippen LogP contribution in [0.1, 0.15) is 27.1 Å². The molecule has 6 nitrogen and oxygen atoms in total. The second-order valence-electron chi connectivity index (χ2n) is 3.55. The van der Waals surface area contributed by atoms with Gasteiger partial charge >= 0.3 is 37.2 Å². The van der Waals surface area contributed by atoms with E-state index < -0.39 is 19.3 Å². The first-order chi connectivity index (χ1) is 6.45. The fourth-order valence-electron chi connectivity index (χ4n) is 1.77. The number of carbonyl (C=O) groups excluding carboxylic acids is 1. The number of hydrogen-bond acceptors (Lipinski definition) is 3. The molecule has 0 saturated heterocycles. The van der Waals surface area contributed by atoms with Crippen molar-refractivity contribution >= 4 is 14.0 Å². The summed E-state index contributed by atoms with van der Waals surface area (Å²) in [5.74, 6) is 0. The molecular formula is C7H15NNaO5P. The summed E-state index contributed by atoms with van der Waals surface area (Å²) >= 11 is 0. The van der Waals surface area contributed by atoms with Crippen molar-refractivity contribution in [3.8, 4) is 0 Å². The Morgan fingerprint density at radius 2 is 2.00 bits per heavy atom. The van der Waals surface area contributed by atoms with Gasteiger partial charge in [-0.1, -0.05) is 6.42 Å². The van der Waals surface area contributed by atoms with E-state index in [4.69, 9.17) is 15.0 Å². The first-order valence-corrected chi connectivity index (χ1v) is 6.11. The fourth-order valence-corrected chi connectivity index (χ4v) is 2.81. The molecule has 3 N–H and O–H groups in total. The Bertz CT molecular complexity index is 263. The van der Waals surface area contributed by atoms with E-state index >= 15 is 0 Å². The van der Waals surface area contributed by atoms with E-state index in [0.29, 0.717) is 24.3 Å². The molecule has 0 aromatic carbocycles. The van der Waals surface area contributed by atoms with Gasteiger partial charge in [0.25, 0.3) is 0 Å². The predicted octanol–water partition coefficient (Wildman–Crippen LogP) is -2.56. The molecule has 1 aliphatic rings. The Morgan fingerprint density at radius 3 is 2.47 bits per heavy atom. The molecule has 8 heteroatoms. The molecule has 0 heterocycles. The number of nitrogens with zero attached hydrogens (tertiary/aromatic N) is 1. The molecular weight excluding hydrogens is 232 g/mol. The number of hydrogen-bond donors (Lipinski definition) is 3. The van der Waals surface area contributed by atoms with Crippen LogP contribution in [0.25, 0.3) is 0 Å². The largest absolute Gasteiger partial charge is 1.00 e. The molecule has 1 fully saturated rings. The predicted molar refractivity (Wildman–Crippen MR) is 48.9 cm³/mol. The zero-order chi connectivity index (χ0) is 10.8. The first-order valence-electron chi connectivity index (χ1n) is 4.43. The summed E-state index contributed by atoms with van der Waals surface area (Å²) in [4.78, 5) is 28.1. The van der Waals surface area contributed by atoms with Crippen LogP contribution in [0.5, 0.6) is 0 Å². The monoisotopic (exact) mass is 247 g/mol. The van der Waals surface area contributed by atoms with Gasteiger partial charge in [0.1, 0.15) is 0 Å². The van der Waals surface area contributed by atoms with Crippen molar-refractivity contribution in [2.24, 2.45) is 0 Å². The van der Waals surface area contributed by atoms with Crippen LogP contribution in [0.2, 0.25) is 0 Å². The van der Waals surface area contributed by atoms with Gasteiger partial charge in [-0.2, -0.15) is 0 Å². The van der Waals surface area contributed by atoms with Crippen LogP contribution in [0.3, 0.4) is 0 Å². The Balaban J connectivity index is 0. The minimum Gasteiger partial charge on any atom is -1.00 e. The average molecular weight is 247 g/mol. The van der Waals surface area contributed by atoms with Crippen LogP contribution in [0, 0.1) is 0 Å². The van der Waals surface area contributed by atoms with Crippen LogP contribution in [-0.2, 0) is 9.36 Å². The summed E-state index contributed by atoms with van der Waals surface area (Å²) in [6, 6.07) is -0.459. The van der Waals surface area contributed by atoms with Gasteiger partial charge in [0, 0.05) is 0 Å². The van der Waals surface area contributed by atoms with Gasteiger partial charge in [0.05, 0.1) is 11.7 Å². The van der Waals surface area contributed by atoms with Crippen LogP contribution in [0.15, 0.2) is 0 Å². The molecule has 84 valence electrons. The van der Waals surface area contributed by atoms with E-state index in [-0.39, 0.29) is 43.8 Å². The molecule has 0 aromatic rings. The zero-order valence-electron chi connectivity index (χ0n) is 9.61. The summed E-state index contributed by atoms with van der Waals surface area (Å²) in [6.45, 7) is 0. The van der Waals surface area contributed by atoms with Gasteiger partial charge in [-0.05, 0) is 19.3 Å². The van der Waals surface area contributed by atoms with Crippen molar-refractivity contribution in [3.63, 3.8) is 0 Å². The van der Waals surface area contributed by atoms with Gasteiger partial charge < -0.3 is 11.2 Å². The Labute approximate surface area is 112 Å². The standard InChI is InChI=1S/C7H14NO5P.Na.H/c9-5-8(10)6-2-1-3-7(4-6)14(11,12)13;;/h5-7,10H,1-4H2,(H2,11,12,13);;/q;+1;-1. The van der Waals surface area contributed by atoms with Crippen molar-refractivity contribution in [3.05, 3.63) is 0 Å². The van der Waals surface area contributed by atoms with Gasteiger partial charge in [-0.25, -0.2) is 5.06 Å². The number of rotatable bonds is 3. The van der Waals surface area contributed by atoms with E-state index in [1.807, 2.05) is 0 Å². The molecule has 15 heavy (non-hydrogen) atoms. The topological polar surface area (TPSA) is 98.1 Å². The number of amides is 1. The summed E-state index contributed by atoms with van der Waals surface area (Å²) in [5.41, 5.74) is -0.726. The van der Waals surface area contributed by atoms with E-state index in [1.165, 1.54) is 0 Å². The van der Waals surface area contributed by atoms with E-state index in [0.717, 1.165) is 0 Å². The van der Waals surface area contributed by atoms with Crippen molar-refractivity contribution in [1.82, 2.24) is 5.06 Å². The quantitative estimate of drug-likeness (QED) is 0.167. The average Bonchev–Trinajstić information content (AvgIpc) is 2.15. The maximum absolute atomic E-state index is 10.9. The smallest absolute Gasteiger partial charge is 1.00 e. The molecule has 1 aliphatic carbocycles. The minimum absolute atomic E-state index is 0. The third-order valence-electron chi connectivity index (χ3n) is 2.58. The molecule has 2 unspecified atom stereocenters.